The van der Waals surface area contributed by atoms with Gasteiger partial charge in [-0.1, -0.05) is 30.3 Å². The second kappa shape index (κ2) is 10.9. The quantitative estimate of drug-likeness (QED) is 0.229. The minimum Gasteiger partial charge on any atom is -0.507 e. The van der Waals surface area contributed by atoms with Crippen LogP contribution in [-0.2, 0) is 32.1 Å². The molecule has 0 spiro atoms. The highest BCUT2D eigenvalue weighted by atomic mass is 35.5. The van der Waals surface area contributed by atoms with Crippen molar-refractivity contribution in [3.8, 4) is 16.9 Å². The summed E-state index contributed by atoms with van der Waals surface area (Å²) in [6.07, 6.45) is -1.40. The van der Waals surface area contributed by atoms with E-state index in [-0.39, 0.29) is 36.4 Å². The molecule has 2 saturated carbocycles. The summed E-state index contributed by atoms with van der Waals surface area (Å²) < 4.78 is 0. The van der Waals surface area contributed by atoms with E-state index in [0.29, 0.717) is 11.1 Å². The number of hydrogen-bond donors (Lipinski definition) is 5. The monoisotopic (exact) mass is 597 g/mol. The van der Waals surface area contributed by atoms with Crippen molar-refractivity contribution in [2.45, 2.75) is 37.1 Å². The van der Waals surface area contributed by atoms with Gasteiger partial charge in [-0.25, -0.2) is 0 Å². The molecule has 3 unspecified atom stereocenters. The van der Waals surface area contributed by atoms with Crippen LogP contribution in [-0.4, -0.2) is 87.1 Å². The van der Waals surface area contributed by atoms with Crippen molar-refractivity contribution < 1.29 is 39.3 Å². The fourth-order valence-corrected chi connectivity index (χ4v) is 7.29. The van der Waals surface area contributed by atoms with Crippen LogP contribution in [0.3, 0.4) is 0 Å². The molecule has 0 bridgehead atoms. The zero-order valence-electron chi connectivity index (χ0n) is 23.0. The molecule has 11 nitrogen and oxygen atoms in total. The highest BCUT2D eigenvalue weighted by Crippen LogP contribution is 2.52. The van der Waals surface area contributed by atoms with E-state index in [1.807, 2.05) is 30.3 Å². The molecule has 222 valence electrons. The number of nitrogens with one attached hydrogen (secondary N) is 1. The van der Waals surface area contributed by atoms with E-state index in [4.69, 9.17) is 17.3 Å². The van der Waals surface area contributed by atoms with Gasteiger partial charge in [0.15, 0.2) is 23.0 Å². The number of carbonyl (C=O) groups is 5. The number of alkyl halides is 1. The maximum absolute atomic E-state index is 14.2. The second-order valence-electron chi connectivity index (χ2n) is 11.5. The number of carbonyl (C=O) groups excluding carboxylic acids is 5. The van der Waals surface area contributed by atoms with Gasteiger partial charge in [0.1, 0.15) is 17.5 Å². The van der Waals surface area contributed by atoms with Gasteiger partial charge in [0.2, 0.25) is 11.8 Å². The van der Waals surface area contributed by atoms with Gasteiger partial charge >= 0.3 is 0 Å². The van der Waals surface area contributed by atoms with Crippen LogP contribution in [0.2, 0.25) is 0 Å². The molecule has 3 aliphatic rings. The molecule has 2 amide bonds. The lowest BCUT2D eigenvalue weighted by molar-refractivity contribution is -0.190. The summed E-state index contributed by atoms with van der Waals surface area (Å²) in [6.45, 7) is -0.146. The number of benzene rings is 2. The van der Waals surface area contributed by atoms with Crippen LogP contribution in [0.5, 0.6) is 5.75 Å². The number of aromatic hydroxyl groups is 1. The molecule has 2 fully saturated rings. The van der Waals surface area contributed by atoms with Crippen LogP contribution < -0.4 is 11.1 Å². The number of halogens is 1. The van der Waals surface area contributed by atoms with Crippen LogP contribution in [0.25, 0.3) is 11.1 Å². The maximum atomic E-state index is 14.2. The summed E-state index contributed by atoms with van der Waals surface area (Å²) in [6, 6.07) is 9.81. The van der Waals surface area contributed by atoms with Gasteiger partial charge in [-0.2, -0.15) is 0 Å². The number of fused-ring (bicyclic) bond motifs is 3. The molecule has 7 atom stereocenters. The van der Waals surface area contributed by atoms with Crippen molar-refractivity contribution in [3.05, 3.63) is 53.1 Å². The van der Waals surface area contributed by atoms with Gasteiger partial charge in [-0.05, 0) is 55.6 Å². The largest absolute Gasteiger partial charge is 0.507 e. The average Bonchev–Trinajstić information content (AvgIpc) is 2.94. The summed E-state index contributed by atoms with van der Waals surface area (Å²) in [5, 5.41) is 36.7. The maximum Gasteiger partial charge on any atom is 0.235 e. The number of phenols is 1. The molecule has 0 saturated heterocycles. The molecule has 0 heterocycles. The smallest absolute Gasteiger partial charge is 0.235 e. The molecular formula is C30H32ClN3O8. The lowest BCUT2D eigenvalue weighted by atomic mass is 9.52. The number of rotatable bonds is 6. The summed E-state index contributed by atoms with van der Waals surface area (Å²) in [5.41, 5.74) is 4.63. The molecule has 2 aromatic carbocycles. The number of nitrogens with two attached hydrogens (primary N) is 1. The summed E-state index contributed by atoms with van der Waals surface area (Å²) in [7, 11) is 3.19. The SMILES string of the molecule is CN(C)[C@H]1C(O)C(C(N)=O)C(=O)[C@]2(O)C(=O)C3C(=O)c4c(O)c(CNC(=O)CCl)cc(-c5ccccc5)c4C[C@@H]3C[C@H]12. The number of primary amides is 1. The number of ketones is 3. The molecule has 5 rings (SSSR count). The summed E-state index contributed by atoms with van der Waals surface area (Å²) in [4.78, 5) is 67.4. The Labute approximate surface area is 246 Å². The molecule has 6 N–H and O–H groups in total. The molecule has 42 heavy (non-hydrogen) atoms. The Bertz CT molecular complexity index is 1500. The first-order valence-corrected chi connectivity index (χ1v) is 14.1. The predicted octanol–water partition coefficient (Wildman–Crippen LogP) is 0.181. The van der Waals surface area contributed by atoms with E-state index in [2.05, 4.69) is 5.32 Å². The average molecular weight is 598 g/mol. The molecule has 0 radical (unpaired) electrons. The first kappa shape index (κ1) is 29.8. The molecule has 0 aromatic heterocycles. The number of likely N-dealkylation sites (N-methyl/N-ethyl adjacent to an activating group) is 1. The van der Waals surface area contributed by atoms with Crippen molar-refractivity contribution in [2.24, 2.45) is 29.4 Å². The van der Waals surface area contributed by atoms with E-state index in [1.54, 1.807) is 20.2 Å². The Morgan fingerprint density at radius 1 is 1.14 bits per heavy atom. The Morgan fingerprint density at radius 3 is 2.40 bits per heavy atom. The van der Waals surface area contributed by atoms with E-state index >= 15 is 0 Å². The number of amides is 2. The molecule has 12 heteroatoms. The highest BCUT2D eigenvalue weighted by molar-refractivity contribution is 6.27. The Hall–Kier alpha value is -3.64. The first-order chi connectivity index (χ1) is 19.8. The lowest BCUT2D eigenvalue weighted by Gasteiger charge is -2.55. The minimum atomic E-state index is -2.74. The second-order valence-corrected chi connectivity index (χ2v) is 11.8. The number of aliphatic hydroxyl groups is 2. The molecule has 2 aromatic rings. The number of hydrogen-bond acceptors (Lipinski definition) is 9. The first-order valence-electron chi connectivity index (χ1n) is 13.6. The lowest BCUT2D eigenvalue weighted by Crippen LogP contribution is -2.75. The Kier molecular flexibility index (Phi) is 7.73. The third-order valence-electron chi connectivity index (χ3n) is 9.05. The minimum absolute atomic E-state index is 0.0116. The van der Waals surface area contributed by atoms with Gasteiger partial charge < -0.3 is 31.3 Å². The van der Waals surface area contributed by atoms with Crippen molar-refractivity contribution >= 4 is 40.8 Å². The van der Waals surface area contributed by atoms with Crippen molar-refractivity contribution in [1.82, 2.24) is 10.2 Å². The van der Waals surface area contributed by atoms with Crippen LogP contribution in [0, 0.1) is 23.7 Å². The Balaban J connectivity index is 1.67. The topological polar surface area (TPSA) is 187 Å². The van der Waals surface area contributed by atoms with Gasteiger partial charge in [-0.3, -0.25) is 24.0 Å². The van der Waals surface area contributed by atoms with Crippen LogP contribution in [0.4, 0.5) is 0 Å². The number of nitrogens with zero attached hydrogens (tertiary/aromatic N) is 1. The van der Waals surface area contributed by atoms with E-state index < -0.39 is 76.3 Å². The van der Waals surface area contributed by atoms with Gasteiger partial charge in [-0.15, -0.1) is 11.6 Å². The fourth-order valence-electron chi connectivity index (χ4n) is 7.20. The van der Waals surface area contributed by atoms with E-state index in [9.17, 15) is 39.3 Å². The highest BCUT2D eigenvalue weighted by Gasteiger charge is 2.69. The van der Waals surface area contributed by atoms with Gasteiger partial charge in [0, 0.05) is 24.1 Å². The zero-order chi connectivity index (χ0) is 30.7. The molecule has 0 aliphatic heterocycles. The third kappa shape index (κ3) is 4.43. The molecular weight excluding hydrogens is 566 g/mol. The molecule has 3 aliphatic carbocycles. The van der Waals surface area contributed by atoms with E-state index in [1.165, 1.54) is 4.90 Å². The fraction of sp³-hybridized carbons (Fsp3) is 0.433. The van der Waals surface area contributed by atoms with Crippen molar-refractivity contribution in [3.63, 3.8) is 0 Å². The van der Waals surface area contributed by atoms with Crippen LogP contribution in [0.1, 0.15) is 27.9 Å². The predicted molar refractivity (Wildman–Crippen MR) is 150 cm³/mol. The van der Waals surface area contributed by atoms with Gasteiger partial charge in [0.25, 0.3) is 0 Å². The summed E-state index contributed by atoms with van der Waals surface area (Å²) >= 11 is 5.60. The van der Waals surface area contributed by atoms with Crippen LogP contribution in [0.15, 0.2) is 36.4 Å². The number of Topliss-reactive ketones (excluding diaryl/α,β-unsaturated/α-hetero) is 3. The third-order valence-corrected chi connectivity index (χ3v) is 9.29. The summed E-state index contributed by atoms with van der Waals surface area (Å²) in [5.74, 6) is -10.6. The van der Waals surface area contributed by atoms with E-state index in [0.717, 1.165) is 5.56 Å². The van der Waals surface area contributed by atoms with Crippen molar-refractivity contribution in [2.75, 3.05) is 20.0 Å². The van der Waals surface area contributed by atoms with Gasteiger partial charge in [0.05, 0.1) is 17.6 Å². The number of phenolic OH excluding ortho intramolecular Hbond substituents is 1. The number of aliphatic hydroxyl groups excluding tert-OH is 1. The standard InChI is InChI=1S/C30H32ClN3O8/c1-34(2)23-18-10-14-8-17-16(13-6-4-3-5-7-13)9-15(12-33-19(35)11-31)24(36)21(17)25(37)20(14)27(39)30(18,42)28(40)22(26(23)38)29(32)41/h3-7,9,14,18,20,22-23,26,36,38,42H,8,10-12H2,1-2H3,(H2,32,41)(H,33,35)/t14-,18-,20?,22?,23-,26?,30-/m1/s1. The zero-order valence-corrected chi connectivity index (χ0v) is 23.8. The normalized spacial score (nSPS) is 30.4. The van der Waals surface area contributed by atoms with Crippen molar-refractivity contribution in [1.29, 1.82) is 0 Å². The van der Waals surface area contributed by atoms with Crippen LogP contribution >= 0.6 is 11.6 Å². The Morgan fingerprint density at radius 2 is 1.81 bits per heavy atom.